The number of rotatable bonds is 6. The Labute approximate surface area is 159 Å². The van der Waals surface area contributed by atoms with Gasteiger partial charge in [-0.2, -0.15) is 0 Å². The van der Waals surface area contributed by atoms with E-state index in [1.54, 1.807) is 12.1 Å². The van der Waals surface area contributed by atoms with Crippen molar-refractivity contribution in [3.63, 3.8) is 0 Å². The second-order valence-corrected chi connectivity index (χ2v) is 7.79. The molecule has 132 valence electrons. The zero-order chi connectivity index (χ0) is 18.0. The Morgan fingerprint density at radius 2 is 1.76 bits per heavy atom. The maximum atomic E-state index is 6.14. The SMILES string of the molecule is CC(=NOCc1c(Cl)cccc1Cl)C1CC1c1ccc(C(C)C)cc1. The molecule has 1 aliphatic carbocycles. The number of hydrogen-bond donors (Lipinski definition) is 0. The van der Waals surface area contributed by atoms with Gasteiger partial charge in [0, 0.05) is 21.5 Å². The average Bonchev–Trinajstić information content (AvgIpc) is 3.38. The summed E-state index contributed by atoms with van der Waals surface area (Å²) in [5.74, 6) is 1.58. The van der Waals surface area contributed by atoms with Crippen LogP contribution in [0.5, 0.6) is 0 Å². The first-order valence-corrected chi connectivity index (χ1v) is 9.42. The van der Waals surface area contributed by atoms with Gasteiger partial charge < -0.3 is 4.84 Å². The van der Waals surface area contributed by atoms with Crippen LogP contribution in [0.25, 0.3) is 0 Å². The Bertz CT molecular complexity index is 748. The lowest BCUT2D eigenvalue weighted by molar-refractivity contribution is 0.129. The van der Waals surface area contributed by atoms with E-state index >= 15 is 0 Å². The summed E-state index contributed by atoms with van der Waals surface area (Å²) in [5.41, 5.74) is 4.57. The highest BCUT2D eigenvalue weighted by Crippen LogP contribution is 2.48. The molecule has 2 aromatic carbocycles. The smallest absolute Gasteiger partial charge is 0.145 e. The molecule has 2 nitrogen and oxygen atoms in total. The van der Waals surface area contributed by atoms with Gasteiger partial charge in [-0.05, 0) is 48.4 Å². The highest BCUT2D eigenvalue weighted by molar-refractivity contribution is 6.35. The summed E-state index contributed by atoms with van der Waals surface area (Å²) >= 11 is 12.3. The molecule has 25 heavy (non-hydrogen) atoms. The molecule has 1 saturated carbocycles. The second-order valence-electron chi connectivity index (χ2n) is 6.98. The molecule has 4 heteroatoms. The lowest BCUT2D eigenvalue weighted by Gasteiger charge is -2.07. The molecule has 0 spiro atoms. The molecule has 1 aliphatic rings. The molecule has 0 heterocycles. The molecule has 0 bridgehead atoms. The van der Waals surface area contributed by atoms with Gasteiger partial charge in [0.15, 0.2) is 0 Å². The van der Waals surface area contributed by atoms with Crippen molar-refractivity contribution in [1.82, 2.24) is 0 Å². The first-order valence-electron chi connectivity index (χ1n) is 8.66. The molecule has 2 atom stereocenters. The Morgan fingerprint density at radius 3 is 2.36 bits per heavy atom. The van der Waals surface area contributed by atoms with E-state index in [0.717, 1.165) is 17.7 Å². The van der Waals surface area contributed by atoms with Gasteiger partial charge in [-0.1, -0.05) is 72.5 Å². The van der Waals surface area contributed by atoms with E-state index in [4.69, 9.17) is 28.0 Å². The van der Waals surface area contributed by atoms with Crippen LogP contribution in [0.3, 0.4) is 0 Å². The average molecular weight is 376 g/mol. The molecule has 2 unspecified atom stereocenters. The van der Waals surface area contributed by atoms with Gasteiger partial charge in [-0.25, -0.2) is 0 Å². The Balaban J connectivity index is 1.57. The van der Waals surface area contributed by atoms with Crippen molar-refractivity contribution in [2.75, 3.05) is 0 Å². The fourth-order valence-electron chi connectivity index (χ4n) is 3.09. The van der Waals surface area contributed by atoms with Crippen LogP contribution >= 0.6 is 23.2 Å². The first kappa shape index (κ1) is 18.3. The summed E-state index contributed by atoms with van der Waals surface area (Å²) in [7, 11) is 0. The Hall–Kier alpha value is -1.51. The predicted molar refractivity (Wildman–Crippen MR) is 106 cm³/mol. The van der Waals surface area contributed by atoms with Crippen LogP contribution < -0.4 is 0 Å². The Morgan fingerprint density at radius 1 is 1.12 bits per heavy atom. The molecule has 2 aromatic rings. The molecule has 3 rings (SSSR count). The van der Waals surface area contributed by atoms with Crippen LogP contribution in [0.2, 0.25) is 10.0 Å². The van der Waals surface area contributed by atoms with Gasteiger partial charge in [-0.3, -0.25) is 0 Å². The minimum Gasteiger partial charge on any atom is -0.391 e. The van der Waals surface area contributed by atoms with Crippen molar-refractivity contribution >= 4 is 28.9 Å². The number of benzene rings is 2. The quantitative estimate of drug-likeness (QED) is 0.401. The molecule has 1 fully saturated rings. The third-order valence-corrected chi connectivity index (χ3v) is 5.55. The zero-order valence-corrected chi connectivity index (χ0v) is 16.3. The summed E-state index contributed by atoms with van der Waals surface area (Å²) in [5, 5.41) is 5.50. The molecular weight excluding hydrogens is 353 g/mol. The van der Waals surface area contributed by atoms with Crippen molar-refractivity contribution in [1.29, 1.82) is 0 Å². The van der Waals surface area contributed by atoms with Crippen LogP contribution in [0.15, 0.2) is 47.6 Å². The molecule has 0 aromatic heterocycles. The normalized spacial score (nSPS) is 20.0. The van der Waals surface area contributed by atoms with Gasteiger partial charge >= 0.3 is 0 Å². The molecule has 0 aliphatic heterocycles. The van der Waals surface area contributed by atoms with Crippen LogP contribution in [0.1, 0.15) is 55.7 Å². The highest BCUT2D eigenvalue weighted by Gasteiger charge is 2.40. The fraction of sp³-hybridized carbons (Fsp3) is 0.381. The second kappa shape index (κ2) is 7.80. The number of nitrogens with zero attached hydrogens (tertiary/aromatic N) is 1. The lowest BCUT2D eigenvalue weighted by atomic mass is 9.99. The highest BCUT2D eigenvalue weighted by atomic mass is 35.5. The number of hydrogen-bond acceptors (Lipinski definition) is 2. The lowest BCUT2D eigenvalue weighted by Crippen LogP contribution is -1.99. The minimum atomic E-state index is 0.288. The summed E-state index contributed by atoms with van der Waals surface area (Å²) in [6.45, 7) is 6.75. The fourth-order valence-corrected chi connectivity index (χ4v) is 3.60. The van der Waals surface area contributed by atoms with Crippen molar-refractivity contribution in [3.8, 4) is 0 Å². The van der Waals surface area contributed by atoms with Crippen LogP contribution in [0, 0.1) is 5.92 Å². The predicted octanol–water partition coefficient (Wildman–Crippen LogP) is 6.81. The van der Waals surface area contributed by atoms with E-state index in [1.165, 1.54) is 11.1 Å². The van der Waals surface area contributed by atoms with Crippen LogP contribution in [-0.4, -0.2) is 5.71 Å². The minimum absolute atomic E-state index is 0.288. The zero-order valence-electron chi connectivity index (χ0n) is 14.8. The number of oxime groups is 1. The van der Waals surface area contributed by atoms with E-state index in [9.17, 15) is 0 Å². The van der Waals surface area contributed by atoms with E-state index < -0.39 is 0 Å². The first-order chi connectivity index (χ1) is 12.0. The van der Waals surface area contributed by atoms with E-state index in [1.807, 2.05) is 13.0 Å². The van der Waals surface area contributed by atoms with Gasteiger partial charge in [0.2, 0.25) is 0 Å². The van der Waals surface area contributed by atoms with Gasteiger partial charge in [0.1, 0.15) is 6.61 Å². The Kier molecular flexibility index (Phi) is 5.71. The van der Waals surface area contributed by atoms with Crippen LogP contribution in [0.4, 0.5) is 0 Å². The van der Waals surface area contributed by atoms with Gasteiger partial charge in [0.25, 0.3) is 0 Å². The van der Waals surface area contributed by atoms with Gasteiger partial charge in [0.05, 0.1) is 5.71 Å². The molecule has 0 amide bonds. The largest absolute Gasteiger partial charge is 0.391 e. The molecule has 0 radical (unpaired) electrons. The third kappa shape index (κ3) is 4.37. The van der Waals surface area contributed by atoms with Crippen molar-refractivity contribution in [2.45, 2.75) is 45.6 Å². The van der Waals surface area contributed by atoms with Gasteiger partial charge in [-0.15, -0.1) is 0 Å². The van der Waals surface area contributed by atoms with E-state index in [2.05, 4.69) is 43.3 Å². The van der Waals surface area contributed by atoms with E-state index in [0.29, 0.717) is 27.8 Å². The number of halogens is 2. The van der Waals surface area contributed by atoms with Crippen molar-refractivity contribution in [3.05, 3.63) is 69.2 Å². The van der Waals surface area contributed by atoms with E-state index in [-0.39, 0.29) is 6.61 Å². The summed E-state index contributed by atoms with van der Waals surface area (Å²) < 4.78 is 0. The summed E-state index contributed by atoms with van der Waals surface area (Å²) in [4.78, 5) is 5.50. The maximum absolute atomic E-state index is 6.14. The topological polar surface area (TPSA) is 21.6 Å². The monoisotopic (exact) mass is 375 g/mol. The third-order valence-electron chi connectivity index (χ3n) is 4.84. The summed E-state index contributed by atoms with van der Waals surface area (Å²) in [6.07, 6.45) is 1.13. The van der Waals surface area contributed by atoms with Crippen molar-refractivity contribution < 1.29 is 4.84 Å². The molecule has 0 N–H and O–H groups in total. The standard InChI is InChI=1S/C21H23Cl2NO/c1-13(2)15-7-9-16(10-8-15)18-11-17(18)14(3)24-25-12-19-20(22)5-4-6-21(19)23/h4-10,13,17-18H,11-12H2,1-3H3. The van der Waals surface area contributed by atoms with Crippen LogP contribution in [-0.2, 0) is 11.4 Å². The molecule has 0 saturated heterocycles. The van der Waals surface area contributed by atoms with Crippen molar-refractivity contribution in [2.24, 2.45) is 11.1 Å². The maximum Gasteiger partial charge on any atom is 0.145 e. The molecular formula is C21H23Cl2NO. The summed E-state index contributed by atoms with van der Waals surface area (Å²) in [6, 6.07) is 14.4.